The minimum atomic E-state index is -0.654. The van der Waals surface area contributed by atoms with E-state index in [2.05, 4.69) is 5.32 Å². The van der Waals surface area contributed by atoms with Gasteiger partial charge in [-0.15, -0.1) is 0 Å². The standard InChI is InChI=1S/C21H23F3N2O2/c1-13-8-15(22)2-3-19(13)20-12-18(27)5-7-26(20)21(28)25-6-4-14-9-16(23)11-17(24)10-14/h2-3,8-11,18,20,27H,4-7,12H2,1H3,(H,25,28)/t18-,20+/m0/s1. The molecule has 2 amide bonds. The summed E-state index contributed by atoms with van der Waals surface area (Å²) < 4.78 is 40.0. The van der Waals surface area contributed by atoms with Crippen LogP contribution in [0.1, 0.15) is 35.6 Å². The minimum Gasteiger partial charge on any atom is -0.393 e. The Hall–Kier alpha value is -2.54. The number of nitrogens with zero attached hydrogens (tertiary/aromatic N) is 1. The van der Waals surface area contributed by atoms with Crippen molar-refractivity contribution in [1.29, 1.82) is 0 Å². The fourth-order valence-corrected chi connectivity index (χ4v) is 3.67. The van der Waals surface area contributed by atoms with Gasteiger partial charge in [-0.3, -0.25) is 0 Å². The smallest absolute Gasteiger partial charge is 0.317 e. The number of piperidine rings is 1. The lowest BCUT2D eigenvalue weighted by molar-refractivity contribution is 0.0584. The van der Waals surface area contributed by atoms with Crippen LogP contribution in [0.3, 0.4) is 0 Å². The predicted molar refractivity (Wildman–Crippen MR) is 99.3 cm³/mol. The number of rotatable bonds is 4. The number of hydrogen-bond acceptors (Lipinski definition) is 2. The Kier molecular flexibility index (Phi) is 6.24. The Morgan fingerprint density at radius 1 is 1.14 bits per heavy atom. The first-order chi connectivity index (χ1) is 13.3. The van der Waals surface area contributed by atoms with Crippen LogP contribution < -0.4 is 5.32 Å². The summed E-state index contributed by atoms with van der Waals surface area (Å²) in [6.07, 6.45) is 0.583. The van der Waals surface area contributed by atoms with Crippen molar-refractivity contribution in [2.75, 3.05) is 13.1 Å². The molecule has 0 saturated carbocycles. The summed E-state index contributed by atoms with van der Waals surface area (Å²) in [6.45, 7) is 2.35. The molecule has 2 aromatic carbocycles. The highest BCUT2D eigenvalue weighted by Gasteiger charge is 2.32. The van der Waals surface area contributed by atoms with Gasteiger partial charge in [0.1, 0.15) is 17.5 Å². The fourth-order valence-electron chi connectivity index (χ4n) is 3.67. The number of aryl methyl sites for hydroxylation is 1. The molecule has 2 N–H and O–H groups in total. The fraction of sp³-hybridized carbons (Fsp3) is 0.381. The maximum atomic E-state index is 13.4. The molecular weight excluding hydrogens is 369 g/mol. The van der Waals surface area contributed by atoms with Crippen LogP contribution in [-0.2, 0) is 6.42 Å². The van der Waals surface area contributed by atoms with Gasteiger partial charge in [0.15, 0.2) is 0 Å². The molecule has 0 radical (unpaired) electrons. The van der Waals surface area contributed by atoms with E-state index in [0.717, 1.165) is 11.6 Å². The first kappa shape index (κ1) is 20.2. The number of carbonyl (C=O) groups is 1. The number of benzene rings is 2. The molecule has 2 atom stereocenters. The van der Waals surface area contributed by atoms with Gasteiger partial charge in [-0.05, 0) is 67.1 Å². The first-order valence-electron chi connectivity index (χ1n) is 9.27. The van der Waals surface area contributed by atoms with Crippen molar-refractivity contribution in [3.63, 3.8) is 0 Å². The molecule has 1 fully saturated rings. The van der Waals surface area contributed by atoms with Gasteiger partial charge in [0.05, 0.1) is 12.1 Å². The monoisotopic (exact) mass is 392 g/mol. The van der Waals surface area contributed by atoms with Gasteiger partial charge in [-0.25, -0.2) is 18.0 Å². The molecule has 1 heterocycles. The van der Waals surface area contributed by atoms with Crippen molar-refractivity contribution in [2.24, 2.45) is 0 Å². The summed E-state index contributed by atoms with van der Waals surface area (Å²) in [5.74, 6) is -1.66. The van der Waals surface area contributed by atoms with Crippen molar-refractivity contribution >= 4 is 6.03 Å². The zero-order valence-corrected chi connectivity index (χ0v) is 15.6. The quantitative estimate of drug-likeness (QED) is 0.830. The summed E-state index contributed by atoms with van der Waals surface area (Å²) in [6, 6.07) is 6.98. The molecule has 2 aromatic rings. The van der Waals surface area contributed by atoms with Gasteiger partial charge in [-0.1, -0.05) is 6.07 Å². The first-order valence-corrected chi connectivity index (χ1v) is 9.27. The lowest BCUT2D eigenvalue weighted by Gasteiger charge is -2.38. The minimum absolute atomic E-state index is 0.218. The topological polar surface area (TPSA) is 52.6 Å². The Morgan fingerprint density at radius 3 is 2.54 bits per heavy atom. The molecule has 1 aliphatic rings. The van der Waals surface area contributed by atoms with Crippen molar-refractivity contribution in [3.8, 4) is 0 Å². The van der Waals surface area contributed by atoms with E-state index in [-0.39, 0.29) is 30.9 Å². The number of amides is 2. The zero-order valence-electron chi connectivity index (χ0n) is 15.6. The van der Waals surface area contributed by atoms with Gasteiger partial charge >= 0.3 is 6.03 Å². The maximum Gasteiger partial charge on any atom is 0.317 e. The van der Waals surface area contributed by atoms with E-state index in [1.54, 1.807) is 17.9 Å². The van der Waals surface area contributed by atoms with E-state index < -0.39 is 17.7 Å². The Morgan fingerprint density at radius 2 is 1.86 bits per heavy atom. The summed E-state index contributed by atoms with van der Waals surface area (Å²) in [4.78, 5) is 14.3. The van der Waals surface area contributed by atoms with Crippen LogP contribution in [0, 0.1) is 24.4 Å². The summed E-state index contributed by atoms with van der Waals surface area (Å²) in [5.41, 5.74) is 1.97. The van der Waals surface area contributed by atoms with E-state index in [1.165, 1.54) is 24.3 Å². The molecule has 0 aliphatic carbocycles. The number of carbonyl (C=O) groups excluding carboxylic acids is 1. The second-order valence-corrected chi connectivity index (χ2v) is 7.15. The number of nitrogens with one attached hydrogen (secondary N) is 1. The van der Waals surface area contributed by atoms with Crippen LogP contribution in [0.2, 0.25) is 0 Å². The van der Waals surface area contributed by atoms with Crippen LogP contribution in [0.15, 0.2) is 36.4 Å². The molecule has 1 aliphatic heterocycles. The molecule has 1 saturated heterocycles. The average Bonchev–Trinajstić information content (AvgIpc) is 2.60. The molecule has 0 spiro atoms. The predicted octanol–water partition coefficient (Wildman–Crippen LogP) is 3.86. The maximum absolute atomic E-state index is 13.4. The third-order valence-electron chi connectivity index (χ3n) is 5.04. The normalized spacial score (nSPS) is 19.5. The van der Waals surface area contributed by atoms with E-state index in [0.29, 0.717) is 30.5 Å². The van der Waals surface area contributed by atoms with Crippen LogP contribution in [0.4, 0.5) is 18.0 Å². The lowest BCUT2D eigenvalue weighted by atomic mass is 9.91. The van der Waals surface area contributed by atoms with Crippen LogP contribution in [-0.4, -0.2) is 35.2 Å². The second-order valence-electron chi connectivity index (χ2n) is 7.15. The number of hydrogen-bond donors (Lipinski definition) is 2. The summed E-state index contributed by atoms with van der Waals surface area (Å²) >= 11 is 0. The number of halogens is 3. The molecular formula is C21H23F3N2O2. The van der Waals surface area contributed by atoms with E-state index >= 15 is 0 Å². The molecule has 3 rings (SSSR count). The Balaban J connectivity index is 1.67. The van der Waals surface area contributed by atoms with E-state index in [9.17, 15) is 23.1 Å². The molecule has 7 heteroatoms. The highest BCUT2D eigenvalue weighted by atomic mass is 19.1. The van der Waals surface area contributed by atoms with Crippen molar-refractivity contribution in [3.05, 3.63) is 70.5 Å². The SMILES string of the molecule is Cc1cc(F)ccc1[C@H]1C[C@@H](O)CCN1C(=O)NCCc1cc(F)cc(F)c1. The van der Waals surface area contributed by atoms with E-state index in [1.807, 2.05) is 0 Å². The van der Waals surface area contributed by atoms with Gasteiger partial charge in [0.25, 0.3) is 0 Å². The Bertz CT molecular complexity index is 839. The van der Waals surface area contributed by atoms with Crippen molar-refractivity contribution in [1.82, 2.24) is 10.2 Å². The molecule has 0 bridgehead atoms. The third kappa shape index (κ3) is 4.84. The molecule has 0 aromatic heterocycles. The summed E-state index contributed by atoms with van der Waals surface area (Å²) in [5, 5.41) is 12.8. The number of likely N-dealkylation sites (tertiary alicyclic amines) is 1. The number of aliphatic hydroxyl groups excluding tert-OH is 1. The molecule has 28 heavy (non-hydrogen) atoms. The van der Waals surface area contributed by atoms with Crippen LogP contribution in [0.5, 0.6) is 0 Å². The van der Waals surface area contributed by atoms with Crippen molar-refractivity contribution < 1.29 is 23.1 Å². The van der Waals surface area contributed by atoms with Gasteiger partial charge < -0.3 is 15.3 Å². The molecule has 4 nitrogen and oxygen atoms in total. The highest BCUT2D eigenvalue weighted by Crippen LogP contribution is 2.33. The third-order valence-corrected chi connectivity index (χ3v) is 5.04. The average molecular weight is 392 g/mol. The number of urea groups is 1. The second kappa shape index (κ2) is 8.65. The van der Waals surface area contributed by atoms with Gasteiger partial charge in [0.2, 0.25) is 0 Å². The van der Waals surface area contributed by atoms with Crippen molar-refractivity contribution in [2.45, 2.75) is 38.3 Å². The highest BCUT2D eigenvalue weighted by molar-refractivity contribution is 5.75. The Labute approximate surface area is 162 Å². The molecule has 0 unspecified atom stereocenters. The van der Waals surface area contributed by atoms with E-state index in [4.69, 9.17) is 0 Å². The molecule has 150 valence electrons. The lowest BCUT2D eigenvalue weighted by Crippen LogP contribution is -2.47. The summed E-state index contributed by atoms with van der Waals surface area (Å²) in [7, 11) is 0. The zero-order chi connectivity index (χ0) is 20.3. The largest absolute Gasteiger partial charge is 0.393 e. The van der Waals surface area contributed by atoms with Gasteiger partial charge in [-0.2, -0.15) is 0 Å². The van der Waals surface area contributed by atoms with Gasteiger partial charge in [0, 0.05) is 19.2 Å². The number of aliphatic hydroxyl groups is 1. The van der Waals surface area contributed by atoms with Crippen LogP contribution in [0.25, 0.3) is 0 Å². The van der Waals surface area contributed by atoms with Crippen LogP contribution >= 0.6 is 0 Å².